The van der Waals surface area contributed by atoms with Crippen molar-refractivity contribution >= 4 is 23.0 Å². The molecule has 0 unspecified atom stereocenters. The number of halogens is 2. The summed E-state index contributed by atoms with van der Waals surface area (Å²) in [4.78, 5) is 26.0. The molecule has 138 valence electrons. The Kier molecular flexibility index (Phi) is 5.07. The van der Waals surface area contributed by atoms with Gasteiger partial charge in [0.2, 0.25) is 0 Å². The topological polar surface area (TPSA) is 71.0 Å². The highest BCUT2D eigenvalue weighted by atomic mass is 19.3. The quantitative estimate of drug-likeness (QED) is 0.736. The number of carbonyl (C=O) groups is 1. The second-order valence-electron chi connectivity index (χ2n) is 5.96. The van der Waals surface area contributed by atoms with E-state index in [-0.39, 0.29) is 5.69 Å². The Balaban J connectivity index is 1.79. The van der Waals surface area contributed by atoms with Gasteiger partial charge in [0.25, 0.3) is 11.8 Å². The maximum atomic E-state index is 13.4. The maximum absolute atomic E-state index is 13.4. The van der Waals surface area contributed by atoms with Crippen LogP contribution in [0.3, 0.4) is 0 Å². The van der Waals surface area contributed by atoms with E-state index in [9.17, 15) is 13.6 Å². The number of hydrogen-bond donors (Lipinski definition) is 1. The molecule has 2 aromatic heterocycles. The van der Waals surface area contributed by atoms with E-state index in [1.807, 2.05) is 18.0 Å². The molecule has 0 spiro atoms. The summed E-state index contributed by atoms with van der Waals surface area (Å²) >= 11 is 0. The summed E-state index contributed by atoms with van der Waals surface area (Å²) in [6.45, 7) is 0.740. The molecule has 3 rings (SSSR count). The van der Waals surface area contributed by atoms with Gasteiger partial charge in [0.1, 0.15) is 17.7 Å². The largest absolute Gasteiger partial charge is 0.342 e. The van der Waals surface area contributed by atoms with E-state index in [1.54, 1.807) is 30.6 Å². The Bertz CT molecular complexity index is 944. The molecule has 0 atom stereocenters. The summed E-state index contributed by atoms with van der Waals surface area (Å²) in [6, 6.07) is 11.1. The molecule has 6 nitrogen and oxygen atoms in total. The van der Waals surface area contributed by atoms with Gasteiger partial charge >= 0.3 is 0 Å². The average Bonchev–Trinajstić information content (AvgIpc) is 2.68. The third-order valence-corrected chi connectivity index (χ3v) is 3.86. The molecule has 8 heteroatoms. The van der Waals surface area contributed by atoms with Gasteiger partial charge in [-0.1, -0.05) is 12.1 Å². The zero-order chi connectivity index (χ0) is 19.4. The van der Waals surface area contributed by atoms with E-state index in [0.29, 0.717) is 5.69 Å². The van der Waals surface area contributed by atoms with Crippen LogP contribution in [0.25, 0.3) is 0 Å². The van der Waals surface area contributed by atoms with Crippen molar-refractivity contribution in [2.75, 3.05) is 17.3 Å². The van der Waals surface area contributed by atoms with Crippen molar-refractivity contribution in [1.82, 2.24) is 15.0 Å². The van der Waals surface area contributed by atoms with Gasteiger partial charge in [-0.15, -0.1) is 0 Å². The summed E-state index contributed by atoms with van der Waals surface area (Å²) in [7, 11) is 1.84. The molecular formula is C19H17F2N5O. The smallest absolute Gasteiger partial charge is 0.287 e. The first-order valence-corrected chi connectivity index (χ1v) is 8.10. The third kappa shape index (κ3) is 4.41. The summed E-state index contributed by atoms with van der Waals surface area (Å²) < 4.78 is 26.8. The number of carbonyl (C=O) groups excluding carboxylic acids is 1. The second-order valence-corrected chi connectivity index (χ2v) is 5.96. The molecular weight excluding hydrogens is 352 g/mol. The number of nitrogens with one attached hydrogen (secondary N) is 1. The fourth-order valence-corrected chi connectivity index (χ4v) is 2.41. The van der Waals surface area contributed by atoms with Crippen LogP contribution in [0.4, 0.5) is 25.8 Å². The number of nitrogens with zero attached hydrogens (tertiary/aromatic N) is 4. The Hall–Kier alpha value is -3.42. The summed E-state index contributed by atoms with van der Waals surface area (Å²) in [5.74, 6) is -3.68. The van der Waals surface area contributed by atoms with Crippen molar-refractivity contribution in [2.24, 2.45) is 0 Å². The molecule has 1 N–H and O–H groups in total. The minimum Gasteiger partial charge on any atom is -0.342 e. The van der Waals surface area contributed by atoms with E-state index in [0.717, 1.165) is 18.3 Å². The summed E-state index contributed by atoms with van der Waals surface area (Å²) in [5.41, 5.74) is 1.55. The fourth-order valence-electron chi connectivity index (χ4n) is 2.41. The third-order valence-electron chi connectivity index (χ3n) is 3.86. The summed E-state index contributed by atoms with van der Waals surface area (Å²) in [6.07, 6.45) is 4.77. The van der Waals surface area contributed by atoms with Crippen molar-refractivity contribution in [3.8, 4) is 0 Å². The van der Waals surface area contributed by atoms with Gasteiger partial charge in [-0.3, -0.25) is 4.79 Å². The molecule has 0 saturated carbocycles. The van der Waals surface area contributed by atoms with E-state index in [4.69, 9.17) is 0 Å². The molecule has 2 heterocycles. The zero-order valence-corrected chi connectivity index (χ0v) is 14.7. The monoisotopic (exact) mass is 369 g/mol. The van der Waals surface area contributed by atoms with Crippen molar-refractivity contribution in [2.45, 2.75) is 12.8 Å². The highest BCUT2D eigenvalue weighted by Crippen LogP contribution is 2.26. The number of benzene rings is 1. The van der Waals surface area contributed by atoms with Crippen LogP contribution in [0.5, 0.6) is 0 Å². The van der Waals surface area contributed by atoms with Gasteiger partial charge in [0.05, 0.1) is 18.1 Å². The highest BCUT2D eigenvalue weighted by Gasteiger charge is 2.26. The van der Waals surface area contributed by atoms with Gasteiger partial charge in [-0.2, -0.15) is 8.78 Å². The van der Waals surface area contributed by atoms with E-state index in [1.165, 1.54) is 24.5 Å². The van der Waals surface area contributed by atoms with Crippen molar-refractivity contribution in [3.63, 3.8) is 0 Å². The lowest BCUT2D eigenvalue weighted by molar-refractivity contribution is 0.0126. The standard InChI is InChI=1S/C19H17F2N5O/c1-19(20,21)17-8-4-7-16(25-17)18(27)24-13-5-3-6-14(9-13)26(2)15-10-22-12-23-11-15/h3-12H,1-2H3,(H,24,27). The van der Waals surface area contributed by atoms with Crippen molar-refractivity contribution in [3.05, 3.63) is 72.6 Å². The van der Waals surface area contributed by atoms with Crippen LogP contribution in [0.15, 0.2) is 61.2 Å². The predicted octanol–water partition coefficient (Wildman–Crippen LogP) is 4.00. The minimum absolute atomic E-state index is 0.0794. The fraction of sp³-hybridized carbons (Fsp3) is 0.158. The summed E-state index contributed by atoms with van der Waals surface area (Å²) in [5, 5.41) is 2.68. The lowest BCUT2D eigenvalue weighted by atomic mass is 10.2. The Morgan fingerprint density at radius 2 is 1.78 bits per heavy atom. The lowest BCUT2D eigenvalue weighted by Crippen LogP contribution is -2.18. The van der Waals surface area contributed by atoms with E-state index in [2.05, 4.69) is 20.3 Å². The first-order valence-electron chi connectivity index (χ1n) is 8.10. The molecule has 0 aliphatic heterocycles. The first-order chi connectivity index (χ1) is 12.8. The van der Waals surface area contributed by atoms with Crippen molar-refractivity contribution in [1.29, 1.82) is 0 Å². The van der Waals surface area contributed by atoms with Gasteiger partial charge in [0.15, 0.2) is 0 Å². The van der Waals surface area contributed by atoms with Gasteiger partial charge in [-0.05, 0) is 30.3 Å². The highest BCUT2D eigenvalue weighted by molar-refractivity contribution is 6.03. The molecule has 0 saturated heterocycles. The molecule has 3 aromatic rings. The van der Waals surface area contributed by atoms with Crippen LogP contribution in [0.2, 0.25) is 0 Å². The van der Waals surface area contributed by atoms with Gasteiger partial charge in [-0.25, -0.2) is 15.0 Å². The number of pyridine rings is 1. The average molecular weight is 369 g/mol. The SMILES string of the molecule is CN(c1cncnc1)c1cccc(NC(=O)c2cccc(C(C)(F)F)n2)c1. The van der Waals surface area contributed by atoms with Crippen LogP contribution < -0.4 is 10.2 Å². The van der Waals surface area contributed by atoms with Crippen LogP contribution in [-0.4, -0.2) is 27.9 Å². The molecule has 1 amide bonds. The van der Waals surface area contributed by atoms with Gasteiger partial charge < -0.3 is 10.2 Å². The number of aromatic nitrogens is 3. The van der Waals surface area contributed by atoms with Crippen molar-refractivity contribution < 1.29 is 13.6 Å². The zero-order valence-electron chi connectivity index (χ0n) is 14.7. The Labute approximate surface area is 154 Å². The minimum atomic E-state index is -3.11. The normalized spacial score (nSPS) is 11.1. The van der Waals surface area contributed by atoms with Crippen LogP contribution in [0, 0.1) is 0 Å². The van der Waals surface area contributed by atoms with Crippen LogP contribution in [-0.2, 0) is 5.92 Å². The molecule has 1 aromatic carbocycles. The number of rotatable bonds is 5. The molecule has 0 bridgehead atoms. The lowest BCUT2D eigenvalue weighted by Gasteiger charge is -2.19. The van der Waals surface area contributed by atoms with Crippen LogP contribution >= 0.6 is 0 Å². The molecule has 27 heavy (non-hydrogen) atoms. The molecule has 0 radical (unpaired) electrons. The number of hydrogen-bond acceptors (Lipinski definition) is 5. The molecule has 0 aliphatic carbocycles. The Morgan fingerprint density at radius 3 is 2.48 bits per heavy atom. The van der Waals surface area contributed by atoms with E-state index < -0.39 is 17.5 Å². The maximum Gasteiger partial charge on any atom is 0.287 e. The predicted molar refractivity (Wildman–Crippen MR) is 98.3 cm³/mol. The van der Waals surface area contributed by atoms with E-state index >= 15 is 0 Å². The second kappa shape index (κ2) is 7.45. The number of alkyl halides is 2. The number of amides is 1. The Morgan fingerprint density at radius 1 is 1.07 bits per heavy atom. The van der Waals surface area contributed by atoms with Gasteiger partial charge in [0, 0.05) is 25.3 Å². The first kappa shape index (κ1) is 18.4. The van der Waals surface area contributed by atoms with Crippen LogP contribution in [0.1, 0.15) is 23.1 Å². The molecule has 0 aliphatic rings. The molecule has 0 fully saturated rings. The number of anilines is 3.